The summed E-state index contributed by atoms with van der Waals surface area (Å²) in [5.74, 6) is -0.0319. The summed E-state index contributed by atoms with van der Waals surface area (Å²) >= 11 is 0. The monoisotopic (exact) mass is 295 g/mol. The van der Waals surface area contributed by atoms with Crippen LogP contribution in [0.3, 0.4) is 0 Å². The molecule has 0 radical (unpaired) electrons. The second-order valence-corrected chi connectivity index (χ2v) is 8.16. The normalized spacial score (nSPS) is 28.7. The van der Waals surface area contributed by atoms with Gasteiger partial charge in [-0.3, -0.25) is 4.79 Å². The second kappa shape index (κ2) is 5.62. The molecule has 2 atom stereocenters. The van der Waals surface area contributed by atoms with Crippen LogP contribution in [0.5, 0.6) is 0 Å². The highest BCUT2D eigenvalue weighted by Gasteiger charge is 2.45. The SMILES string of the molecule is CC(C)(C)OC(=O)[C@@H]1CCCN1C(=O)C1CCCC1(C)C. The number of hydrogen-bond acceptors (Lipinski definition) is 3. The molecule has 2 rings (SSSR count). The van der Waals surface area contributed by atoms with Crippen molar-refractivity contribution in [2.45, 2.75) is 78.4 Å². The molecule has 1 unspecified atom stereocenters. The molecule has 1 aliphatic carbocycles. The number of ether oxygens (including phenoxy) is 1. The Balaban J connectivity index is 2.08. The van der Waals surface area contributed by atoms with Gasteiger partial charge in [0.1, 0.15) is 11.6 Å². The van der Waals surface area contributed by atoms with Gasteiger partial charge in [-0.2, -0.15) is 0 Å². The summed E-state index contributed by atoms with van der Waals surface area (Å²) < 4.78 is 5.48. The Kier molecular flexibility index (Phi) is 4.36. The van der Waals surface area contributed by atoms with E-state index in [1.165, 1.54) is 0 Å². The number of likely N-dealkylation sites (tertiary alicyclic amines) is 1. The predicted octanol–water partition coefficient (Wildman–Crippen LogP) is 3.15. The third kappa shape index (κ3) is 3.58. The van der Waals surface area contributed by atoms with Gasteiger partial charge in [-0.15, -0.1) is 0 Å². The number of amides is 1. The van der Waals surface area contributed by atoms with Gasteiger partial charge >= 0.3 is 5.97 Å². The van der Waals surface area contributed by atoms with E-state index >= 15 is 0 Å². The molecule has 0 aromatic heterocycles. The van der Waals surface area contributed by atoms with E-state index < -0.39 is 5.60 Å². The summed E-state index contributed by atoms with van der Waals surface area (Å²) in [5.41, 5.74) is -0.445. The second-order valence-electron chi connectivity index (χ2n) is 8.16. The van der Waals surface area contributed by atoms with E-state index in [1.54, 1.807) is 4.90 Å². The molecular weight excluding hydrogens is 266 g/mol. The summed E-state index contributed by atoms with van der Waals surface area (Å²) in [6.45, 7) is 10.6. The fourth-order valence-electron chi connectivity index (χ4n) is 3.63. The minimum Gasteiger partial charge on any atom is -0.458 e. The molecule has 0 spiro atoms. The van der Waals surface area contributed by atoms with Crippen molar-refractivity contribution in [3.63, 3.8) is 0 Å². The smallest absolute Gasteiger partial charge is 0.329 e. The van der Waals surface area contributed by atoms with E-state index in [-0.39, 0.29) is 29.3 Å². The average molecular weight is 295 g/mol. The van der Waals surface area contributed by atoms with Gasteiger partial charge in [-0.1, -0.05) is 20.3 Å². The quantitative estimate of drug-likeness (QED) is 0.735. The topological polar surface area (TPSA) is 46.6 Å². The highest BCUT2D eigenvalue weighted by molar-refractivity contribution is 5.87. The molecule has 0 aromatic carbocycles. The third-order valence-electron chi connectivity index (χ3n) is 4.77. The van der Waals surface area contributed by atoms with Crippen LogP contribution in [0.1, 0.15) is 66.7 Å². The van der Waals surface area contributed by atoms with Crippen molar-refractivity contribution in [2.75, 3.05) is 6.54 Å². The van der Waals surface area contributed by atoms with Crippen LogP contribution in [0.25, 0.3) is 0 Å². The predicted molar refractivity (Wildman–Crippen MR) is 81.7 cm³/mol. The van der Waals surface area contributed by atoms with E-state index in [2.05, 4.69) is 13.8 Å². The number of hydrogen-bond donors (Lipinski definition) is 0. The summed E-state index contributed by atoms with van der Waals surface area (Å²) in [5, 5.41) is 0. The van der Waals surface area contributed by atoms with E-state index in [0.717, 1.165) is 32.1 Å². The number of carbonyl (C=O) groups is 2. The van der Waals surface area contributed by atoms with Crippen molar-refractivity contribution in [3.8, 4) is 0 Å². The van der Waals surface area contributed by atoms with Crippen molar-refractivity contribution < 1.29 is 14.3 Å². The number of esters is 1. The first-order chi connectivity index (χ1) is 9.62. The average Bonchev–Trinajstić information content (AvgIpc) is 2.91. The first-order valence-corrected chi connectivity index (χ1v) is 8.15. The molecule has 1 amide bonds. The molecule has 1 aliphatic heterocycles. The Bertz CT molecular complexity index is 422. The molecule has 0 N–H and O–H groups in total. The van der Waals surface area contributed by atoms with Crippen molar-refractivity contribution >= 4 is 11.9 Å². The van der Waals surface area contributed by atoms with E-state index in [4.69, 9.17) is 4.74 Å². The van der Waals surface area contributed by atoms with Gasteiger partial charge in [0.2, 0.25) is 5.91 Å². The summed E-state index contributed by atoms with van der Waals surface area (Å²) in [6.07, 6.45) is 4.77. The van der Waals surface area contributed by atoms with E-state index in [0.29, 0.717) is 6.54 Å². The maximum Gasteiger partial charge on any atom is 0.329 e. The zero-order valence-corrected chi connectivity index (χ0v) is 14.1. The Morgan fingerprint density at radius 3 is 2.33 bits per heavy atom. The lowest BCUT2D eigenvalue weighted by molar-refractivity contribution is -0.164. The van der Waals surface area contributed by atoms with Gasteiger partial charge in [0.05, 0.1) is 0 Å². The molecular formula is C17H29NO3. The van der Waals surface area contributed by atoms with Crippen molar-refractivity contribution in [3.05, 3.63) is 0 Å². The van der Waals surface area contributed by atoms with Gasteiger partial charge in [0, 0.05) is 12.5 Å². The molecule has 4 nitrogen and oxygen atoms in total. The lowest BCUT2D eigenvalue weighted by Gasteiger charge is -2.33. The largest absolute Gasteiger partial charge is 0.458 e. The first-order valence-electron chi connectivity index (χ1n) is 8.15. The molecule has 0 aromatic rings. The number of rotatable bonds is 2. The van der Waals surface area contributed by atoms with Crippen molar-refractivity contribution in [1.82, 2.24) is 4.90 Å². The van der Waals surface area contributed by atoms with Gasteiger partial charge in [-0.25, -0.2) is 4.79 Å². The number of nitrogens with zero attached hydrogens (tertiary/aromatic N) is 1. The zero-order valence-electron chi connectivity index (χ0n) is 14.1. The highest BCUT2D eigenvalue weighted by Crippen LogP contribution is 2.44. The summed E-state index contributed by atoms with van der Waals surface area (Å²) in [4.78, 5) is 27.0. The minimum atomic E-state index is -0.499. The zero-order chi connectivity index (χ0) is 15.8. The van der Waals surface area contributed by atoms with Gasteiger partial charge in [0.15, 0.2) is 0 Å². The van der Waals surface area contributed by atoms with Crippen LogP contribution in [0.2, 0.25) is 0 Å². The molecule has 2 aliphatic rings. The minimum absolute atomic E-state index is 0.0537. The number of carbonyl (C=O) groups excluding carboxylic acids is 2. The van der Waals surface area contributed by atoms with Gasteiger partial charge in [0.25, 0.3) is 0 Å². The molecule has 1 saturated carbocycles. The van der Waals surface area contributed by atoms with Gasteiger partial charge in [-0.05, 0) is 51.9 Å². The summed E-state index contributed by atoms with van der Waals surface area (Å²) in [7, 11) is 0. The molecule has 4 heteroatoms. The molecule has 2 fully saturated rings. The van der Waals surface area contributed by atoms with Crippen LogP contribution < -0.4 is 0 Å². The van der Waals surface area contributed by atoms with Crippen LogP contribution in [-0.4, -0.2) is 35.0 Å². The van der Waals surface area contributed by atoms with Crippen LogP contribution in [0.15, 0.2) is 0 Å². The highest BCUT2D eigenvalue weighted by atomic mass is 16.6. The molecule has 1 saturated heterocycles. The van der Waals surface area contributed by atoms with Crippen LogP contribution in [0.4, 0.5) is 0 Å². The Hall–Kier alpha value is -1.06. The van der Waals surface area contributed by atoms with Gasteiger partial charge < -0.3 is 9.64 Å². The third-order valence-corrected chi connectivity index (χ3v) is 4.77. The van der Waals surface area contributed by atoms with E-state index in [9.17, 15) is 9.59 Å². The van der Waals surface area contributed by atoms with Crippen LogP contribution >= 0.6 is 0 Å². The lowest BCUT2D eigenvalue weighted by Crippen LogP contribution is -2.47. The fraction of sp³-hybridized carbons (Fsp3) is 0.882. The maximum atomic E-state index is 12.9. The lowest BCUT2D eigenvalue weighted by atomic mass is 9.81. The fourth-order valence-corrected chi connectivity index (χ4v) is 3.63. The maximum absolute atomic E-state index is 12.9. The Morgan fingerprint density at radius 1 is 1.14 bits per heavy atom. The molecule has 1 heterocycles. The Morgan fingerprint density at radius 2 is 1.81 bits per heavy atom. The van der Waals surface area contributed by atoms with Crippen LogP contribution in [-0.2, 0) is 14.3 Å². The molecule has 21 heavy (non-hydrogen) atoms. The molecule has 120 valence electrons. The van der Waals surface area contributed by atoms with E-state index in [1.807, 2.05) is 20.8 Å². The van der Waals surface area contributed by atoms with Crippen LogP contribution in [0, 0.1) is 11.3 Å². The summed E-state index contributed by atoms with van der Waals surface area (Å²) in [6, 6.07) is -0.381. The van der Waals surface area contributed by atoms with Crippen molar-refractivity contribution in [1.29, 1.82) is 0 Å². The standard InChI is InChI=1S/C17H29NO3/c1-16(2,3)21-15(20)13-9-7-11-18(13)14(19)12-8-6-10-17(12,4)5/h12-13H,6-11H2,1-5H3/t12?,13-/m0/s1. The molecule has 0 bridgehead atoms. The Labute approximate surface area is 128 Å². The van der Waals surface area contributed by atoms with Crippen molar-refractivity contribution in [2.24, 2.45) is 11.3 Å². The first kappa shape index (κ1) is 16.3.